The molecule has 1 atom stereocenters. The van der Waals surface area contributed by atoms with Crippen molar-refractivity contribution in [3.05, 3.63) is 34.4 Å². The first-order chi connectivity index (χ1) is 6.52. The molecule has 0 nitrogen and oxygen atoms in total. The van der Waals surface area contributed by atoms with Crippen molar-refractivity contribution in [3.63, 3.8) is 0 Å². The highest BCUT2D eigenvalue weighted by Gasteiger charge is 2.12. The molecule has 0 aliphatic rings. The highest BCUT2D eigenvalue weighted by atomic mass is 35.5. The summed E-state index contributed by atoms with van der Waals surface area (Å²) in [6.45, 7) is 1.80. The summed E-state index contributed by atoms with van der Waals surface area (Å²) in [6.07, 6.45) is 0.925. The van der Waals surface area contributed by atoms with Gasteiger partial charge in [0, 0.05) is 16.0 Å². The summed E-state index contributed by atoms with van der Waals surface area (Å²) >= 11 is 11.4. The lowest BCUT2D eigenvalue weighted by atomic mass is 10.1. The summed E-state index contributed by atoms with van der Waals surface area (Å²) in [5.41, 5.74) is 0.208. The minimum Gasteiger partial charge on any atom is -0.204 e. The Morgan fingerprint density at radius 1 is 1.36 bits per heavy atom. The molecule has 0 radical (unpaired) electrons. The zero-order chi connectivity index (χ0) is 10.7. The number of hydrogen-bond donors (Lipinski definition) is 0. The van der Waals surface area contributed by atoms with Crippen LogP contribution in [0.15, 0.2) is 12.1 Å². The van der Waals surface area contributed by atoms with Gasteiger partial charge in [-0.1, -0.05) is 11.6 Å². The predicted octanol–water partition coefficient (Wildman–Crippen LogP) is 4.18. The maximum absolute atomic E-state index is 13.2. The molecule has 0 aliphatic heterocycles. The van der Waals surface area contributed by atoms with Gasteiger partial charge < -0.3 is 0 Å². The van der Waals surface area contributed by atoms with Crippen LogP contribution in [0.5, 0.6) is 0 Å². The first-order valence-electron chi connectivity index (χ1n) is 4.29. The van der Waals surface area contributed by atoms with Crippen LogP contribution in [0.1, 0.15) is 18.9 Å². The number of alkyl halides is 1. The van der Waals surface area contributed by atoms with E-state index < -0.39 is 11.6 Å². The van der Waals surface area contributed by atoms with E-state index in [4.69, 9.17) is 23.2 Å². The van der Waals surface area contributed by atoms with Crippen molar-refractivity contribution in [2.24, 2.45) is 0 Å². The van der Waals surface area contributed by atoms with Crippen molar-refractivity contribution in [1.29, 1.82) is 0 Å². The molecule has 0 bridgehead atoms. The lowest BCUT2D eigenvalue weighted by Gasteiger charge is -2.07. The zero-order valence-corrected chi connectivity index (χ0v) is 9.17. The number of rotatable bonds is 3. The van der Waals surface area contributed by atoms with Crippen molar-refractivity contribution >= 4 is 23.2 Å². The Hall–Kier alpha value is -0.340. The third kappa shape index (κ3) is 2.82. The molecular formula is C10H10Cl2F2. The minimum atomic E-state index is -0.869. The fourth-order valence-corrected chi connectivity index (χ4v) is 1.49. The van der Waals surface area contributed by atoms with Crippen molar-refractivity contribution in [2.75, 3.05) is 0 Å². The first kappa shape index (κ1) is 11.7. The molecular weight excluding hydrogens is 229 g/mol. The molecule has 78 valence electrons. The smallest absolute Gasteiger partial charge is 0.163 e. The van der Waals surface area contributed by atoms with Crippen LogP contribution in [0.4, 0.5) is 8.78 Å². The van der Waals surface area contributed by atoms with Gasteiger partial charge in [0.05, 0.1) is 0 Å². The van der Waals surface area contributed by atoms with E-state index in [1.165, 1.54) is 6.07 Å². The summed E-state index contributed by atoms with van der Waals surface area (Å²) in [4.78, 5) is 0. The van der Waals surface area contributed by atoms with Crippen LogP contribution >= 0.6 is 23.2 Å². The monoisotopic (exact) mass is 238 g/mol. The van der Waals surface area contributed by atoms with Crippen molar-refractivity contribution in [2.45, 2.75) is 25.1 Å². The third-order valence-electron chi connectivity index (χ3n) is 1.93. The van der Waals surface area contributed by atoms with Gasteiger partial charge in [0.2, 0.25) is 0 Å². The Morgan fingerprint density at radius 2 is 2.00 bits per heavy atom. The van der Waals surface area contributed by atoms with E-state index in [1.54, 1.807) is 6.92 Å². The molecule has 0 aromatic heterocycles. The minimum absolute atomic E-state index is 0.0752. The third-order valence-corrected chi connectivity index (χ3v) is 2.50. The van der Waals surface area contributed by atoms with Crippen LogP contribution in [0, 0.1) is 11.6 Å². The van der Waals surface area contributed by atoms with Crippen molar-refractivity contribution in [3.8, 4) is 0 Å². The van der Waals surface area contributed by atoms with E-state index in [0.29, 0.717) is 12.8 Å². The molecule has 4 heteroatoms. The molecule has 0 saturated carbocycles. The van der Waals surface area contributed by atoms with E-state index in [9.17, 15) is 8.78 Å². The van der Waals surface area contributed by atoms with E-state index in [0.717, 1.165) is 6.07 Å². The molecule has 1 unspecified atom stereocenters. The van der Waals surface area contributed by atoms with Crippen LogP contribution in [-0.4, -0.2) is 5.38 Å². The van der Waals surface area contributed by atoms with Crippen LogP contribution in [0.2, 0.25) is 5.02 Å². The molecule has 0 fully saturated rings. The van der Waals surface area contributed by atoms with Crippen molar-refractivity contribution in [1.82, 2.24) is 0 Å². The number of hydrogen-bond acceptors (Lipinski definition) is 0. The SMILES string of the molecule is CC(Cl)CCc1c(Cl)ccc(F)c1F. The molecule has 0 spiro atoms. The second-order valence-corrected chi connectivity index (χ2v) is 4.29. The Morgan fingerprint density at radius 3 is 2.57 bits per heavy atom. The number of halogens is 4. The summed E-state index contributed by atoms with van der Waals surface area (Å²) in [7, 11) is 0. The maximum Gasteiger partial charge on any atom is 0.163 e. The van der Waals surface area contributed by atoms with Crippen LogP contribution < -0.4 is 0 Å². The van der Waals surface area contributed by atoms with Crippen LogP contribution in [0.25, 0.3) is 0 Å². The lowest BCUT2D eigenvalue weighted by molar-refractivity contribution is 0.497. The normalized spacial score (nSPS) is 12.9. The largest absolute Gasteiger partial charge is 0.204 e. The molecule has 1 aromatic rings. The standard InChI is InChI=1S/C10H10Cl2F2/c1-6(11)2-3-7-8(12)4-5-9(13)10(7)14/h4-6H,2-3H2,1H3. The first-order valence-corrected chi connectivity index (χ1v) is 5.10. The second-order valence-electron chi connectivity index (χ2n) is 3.14. The van der Waals surface area contributed by atoms with Crippen LogP contribution in [0.3, 0.4) is 0 Å². The molecule has 1 rings (SSSR count). The molecule has 0 aliphatic carbocycles. The second kappa shape index (κ2) is 4.94. The summed E-state index contributed by atoms with van der Waals surface area (Å²) in [5, 5.41) is 0.176. The molecule has 0 saturated heterocycles. The Balaban J connectivity index is 2.89. The highest BCUT2D eigenvalue weighted by Crippen LogP contribution is 2.23. The fourth-order valence-electron chi connectivity index (χ4n) is 1.14. The Kier molecular flexibility index (Phi) is 4.14. The van der Waals surface area contributed by atoms with Gasteiger partial charge in [0.1, 0.15) is 0 Å². The van der Waals surface area contributed by atoms with Crippen molar-refractivity contribution < 1.29 is 8.78 Å². The van der Waals surface area contributed by atoms with Gasteiger partial charge >= 0.3 is 0 Å². The van der Waals surface area contributed by atoms with Gasteiger partial charge in [-0.15, -0.1) is 11.6 Å². The van der Waals surface area contributed by atoms with E-state index in [2.05, 4.69) is 0 Å². The molecule has 0 amide bonds. The number of benzene rings is 1. The summed E-state index contributed by atoms with van der Waals surface area (Å²) in [5.74, 6) is -1.73. The van der Waals surface area contributed by atoms with Gasteiger partial charge in [0.15, 0.2) is 11.6 Å². The summed E-state index contributed by atoms with van der Waals surface area (Å²) in [6, 6.07) is 2.37. The van der Waals surface area contributed by atoms with Gasteiger partial charge in [0.25, 0.3) is 0 Å². The lowest BCUT2D eigenvalue weighted by Crippen LogP contribution is -2.00. The predicted molar refractivity (Wildman–Crippen MR) is 55.0 cm³/mol. The van der Waals surface area contributed by atoms with Crippen LogP contribution in [-0.2, 0) is 6.42 Å². The molecule has 0 N–H and O–H groups in total. The topological polar surface area (TPSA) is 0 Å². The Bertz CT molecular complexity index is 324. The highest BCUT2D eigenvalue weighted by molar-refractivity contribution is 6.31. The Labute approximate surface area is 91.8 Å². The van der Waals surface area contributed by atoms with E-state index in [1.807, 2.05) is 0 Å². The quantitative estimate of drug-likeness (QED) is 0.548. The maximum atomic E-state index is 13.2. The summed E-state index contributed by atoms with van der Waals surface area (Å²) < 4.78 is 26.0. The van der Waals surface area contributed by atoms with Gasteiger partial charge in [-0.25, -0.2) is 8.78 Å². The molecule has 1 aromatic carbocycles. The van der Waals surface area contributed by atoms with Gasteiger partial charge in [-0.2, -0.15) is 0 Å². The zero-order valence-electron chi connectivity index (χ0n) is 7.66. The van der Waals surface area contributed by atoms with Gasteiger partial charge in [-0.05, 0) is 31.9 Å². The van der Waals surface area contributed by atoms with Gasteiger partial charge in [-0.3, -0.25) is 0 Å². The average molecular weight is 239 g/mol. The van der Waals surface area contributed by atoms with E-state index >= 15 is 0 Å². The fraction of sp³-hybridized carbons (Fsp3) is 0.400. The molecule has 0 heterocycles. The van der Waals surface area contributed by atoms with E-state index in [-0.39, 0.29) is 16.0 Å². The molecule has 14 heavy (non-hydrogen) atoms. The average Bonchev–Trinajstić information content (AvgIpc) is 2.11.